The molecule has 122 valence electrons. The van der Waals surface area contributed by atoms with Gasteiger partial charge in [-0.1, -0.05) is 55.8 Å². The van der Waals surface area contributed by atoms with Gasteiger partial charge in [0.1, 0.15) is 12.6 Å². The number of benzene rings is 1. The van der Waals surface area contributed by atoms with E-state index in [9.17, 15) is 14.7 Å². The van der Waals surface area contributed by atoms with E-state index in [1.807, 2.05) is 30.3 Å². The number of fused-ring (bicyclic) bond motifs is 1. The van der Waals surface area contributed by atoms with Crippen LogP contribution in [0.15, 0.2) is 42.5 Å². The molecular weight excluding hydrogens is 294 g/mol. The lowest BCUT2D eigenvalue weighted by Crippen LogP contribution is -2.61. The molecule has 1 saturated carbocycles. The second kappa shape index (κ2) is 6.44. The Kier molecular flexibility index (Phi) is 4.37. The molecule has 0 radical (unpaired) electrons. The number of hydrogen-bond donors (Lipinski definition) is 2. The molecule has 5 heteroatoms. The SMILES string of the molecule is CC[C@@H]1C2C=CC2[C@@H]1[C@H](NC(=O)OCc1ccccc1)C(=O)O. The van der Waals surface area contributed by atoms with Crippen molar-refractivity contribution in [3.8, 4) is 0 Å². The van der Waals surface area contributed by atoms with Crippen molar-refractivity contribution in [2.45, 2.75) is 26.0 Å². The van der Waals surface area contributed by atoms with Gasteiger partial charge in [-0.25, -0.2) is 9.59 Å². The Bertz CT molecular complexity index is 613. The van der Waals surface area contributed by atoms with Crippen molar-refractivity contribution in [1.82, 2.24) is 5.32 Å². The number of ether oxygens (including phenoxy) is 1. The Balaban J connectivity index is 1.58. The fourth-order valence-corrected chi connectivity index (χ4v) is 3.81. The fourth-order valence-electron chi connectivity index (χ4n) is 3.81. The number of hydrogen-bond acceptors (Lipinski definition) is 3. The standard InChI is InChI=1S/C18H21NO4/c1-2-12-13-8-9-14(13)15(12)16(17(20)21)19-18(22)23-10-11-6-4-3-5-7-11/h3-9,12-16H,2,10H2,1H3,(H,19,22)(H,20,21)/t12-,13?,14?,15-,16+/m1/s1. The number of allylic oxidation sites excluding steroid dienone is 2. The van der Waals surface area contributed by atoms with E-state index < -0.39 is 18.1 Å². The van der Waals surface area contributed by atoms with Gasteiger partial charge in [0.2, 0.25) is 0 Å². The minimum atomic E-state index is -0.996. The van der Waals surface area contributed by atoms with Crippen LogP contribution in [0.4, 0.5) is 4.79 Å². The number of carbonyl (C=O) groups excluding carboxylic acids is 1. The number of alkyl carbamates (subject to hydrolysis) is 1. The highest BCUT2D eigenvalue weighted by Crippen LogP contribution is 2.56. The largest absolute Gasteiger partial charge is 0.480 e. The quantitative estimate of drug-likeness (QED) is 0.792. The van der Waals surface area contributed by atoms with Crippen molar-refractivity contribution in [2.24, 2.45) is 23.7 Å². The normalized spacial score (nSPS) is 28.7. The van der Waals surface area contributed by atoms with E-state index in [4.69, 9.17) is 4.74 Å². The van der Waals surface area contributed by atoms with Crippen LogP contribution in [0.2, 0.25) is 0 Å². The molecule has 5 atom stereocenters. The summed E-state index contributed by atoms with van der Waals surface area (Å²) < 4.78 is 5.15. The summed E-state index contributed by atoms with van der Waals surface area (Å²) >= 11 is 0. The van der Waals surface area contributed by atoms with E-state index in [-0.39, 0.29) is 18.4 Å². The zero-order chi connectivity index (χ0) is 16.4. The molecule has 0 saturated heterocycles. The molecule has 0 aromatic heterocycles. The molecule has 1 aromatic carbocycles. The molecule has 2 unspecified atom stereocenters. The number of carboxylic acid groups (broad SMARTS) is 1. The van der Waals surface area contributed by atoms with Crippen LogP contribution < -0.4 is 5.32 Å². The van der Waals surface area contributed by atoms with Crippen LogP contribution in [-0.2, 0) is 16.1 Å². The average Bonchev–Trinajstić information content (AvgIpc) is 2.53. The van der Waals surface area contributed by atoms with Gasteiger partial charge in [0.05, 0.1) is 0 Å². The maximum absolute atomic E-state index is 12.0. The van der Waals surface area contributed by atoms with Gasteiger partial charge >= 0.3 is 12.1 Å². The second-order valence-corrected chi connectivity index (χ2v) is 6.21. The number of carbonyl (C=O) groups is 2. The summed E-state index contributed by atoms with van der Waals surface area (Å²) in [7, 11) is 0. The first kappa shape index (κ1) is 15.6. The number of carboxylic acids is 1. The summed E-state index contributed by atoms with van der Waals surface area (Å²) in [6.45, 7) is 2.19. The topological polar surface area (TPSA) is 75.6 Å². The van der Waals surface area contributed by atoms with Gasteiger partial charge in [-0.3, -0.25) is 0 Å². The summed E-state index contributed by atoms with van der Waals surface area (Å²) in [6, 6.07) is 8.41. The molecule has 3 rings (SSSR count). The molecule has 0 aliphatic heterocycles. The third kappa shape index (κ3) is 2.96. The Labute approximate surface area is 135 Å². The van der Waals surface area contributed by atoms with E-state index in [0.29, 0.717) is 11.8 Å². The number of nitrogens with one attached hydrogen (secondary N) is 1. The van der Waals surface area contributed by atoms with Gasteiger partial charge in [-0.15, -0.1) is 0 Å². The van der Waals surface area contributed by atoms with E-state index in [1.54, 1.807) is 0 Å². The third-order valence-electron chi connectivity index (χ3n) is 5.04. The summed E-state index contributed by atoms with van der Waals surface area (Å²) in [5, 5.41) is 12.0. The van der Waals surface area contributed by atoms with Gasteiger partial charge < -0.3 is 15.2 Å². The summed E-state index contributed by atoms with van der Waals surface area (Å²) in [4.78, 5) is 23.5. The molecule has 5 nitrogen and oxygen atoms in total. The number of amides is 1. The van der Waals surface area contributed by atoms with Gasteiger partial charge in [0, 0.05) is 5.92 Å². The summed E-state index contributed by atoms with van der Waals surface area (Å²) in [5.74, 6) is 0.0330. The van der Waals surface area contributed by atoms with Crippen LogP contribution >= 0.6 is 0 Å². The molecule has 2 aliphatic rings. The molecule has 0 heterocycles. The highest BCUT2D eigenvalue weighted by molar-refractivity contribution is 5.80. The first-order valence-corrected chi connectivity index (χ1v) is 8.00. The Morgan fingerprint density at radius 1 is 1.22 bits per heavy atom. The summed E-state index contributed by atoms with van der Waals surface area (Å²) in [6.07, 6.45) is 4.43. The molecule has 1 amide bonds. The zero-order valence-electron chi connectivity index (χ0n) is 13.0. The van der Waals surface area contributed by atoms with Gasteiger partial charge in [0.15, 0.2) is 0 Å². The first-order valence-electron chi connectivity index (χ1n) is 8.00. The van der Waals surface area contributed by atoms with Crippen molar-refractivity contribution in [1.29, 1.82) is 0 Å². The predicted molar refractivity (Wildman–Crippen MR) is 84.6 cm³/mol. The van der Waals surface area contributed by atoms with Crippen LogP contribution in [-0.4, -0.2) is 23.2 Å². The maximum atomic E-state index is 12.0. The summed E-state index contributed by atoms with van der Waals surface area (Å²) in [5.41, 5.74) is 0.867. The lowest BCUT2D eigenvalue weighted by Gasteiger charge is -2.56. The molecule has 23 heavy (non-hydrogen) atoms. The minimum absolute atomic E-state index is 0.0447. The van der Waals surface area contributed by atoms with Crippen molar-refractivity contribution in [2.75, 3.05) is 0 Å². The van der Waals surface area contributed by atoms with Gasteiger partial charge in [-0.2, -0.15) is 0 Å². The van der Waals surface area contributed by atoms with E-state index in [0.717, 1.165) is 12.0 Å². The van der Waals surface area contributed by atoms with Gasteiger partial charge in [-0.05, 0) is 23.3 Å². The molecule has 1 aromatic rings. The maximum Gasteiger partial charge on any atom is 0.408 e. The molecule has 2 aliphatic carbocycles. The molecular formula is C18H21NO4. The molecule has 0 spiro atoms. The molecule has 2 N–H and O–H groups in total. The van der Waals surface area contributed by atoms with Crippen LogP contribution in [0.3, 0.4) is 0 Å². The Morgan fingerprint density at radius 2 is 1.91 bits per heavy atom. The van der Waals surface area contributed by atoms with Gasteiger partial charge in [0.25, 0.3) is 0 Å². The molecule has 0 bridgehead atoms. The fraction of sp³-hybridized carbons (Fsp3) is 0.444. The van der Waals surface area contributed by atoms with E-state index in [1.165, 1.54) is 0 Å². The van der Waals surface area contributed by atoms with Crippen LogP contribution in [0.1, 0.15) is 18.9 Å². The first-order chi connectivity index (χ1) is 11.1. The lowest BCUT2D eigenvalue weighted by molar-refractivity contribution is -0.146. The van der Waals surface area contributed by atoms with Crippen molar-refractivity contribution in [3.05, 3.63) is 48.0 Å². The monoisotopic (exact) mass is 315 g/mol. The highest BCUT2D eigenvalue weighted by Gasteiger charge is 2.55. The van der Waals surface area contributed by atoms with E-state index >= 15 is 0 Å². The van der Waals surface area contributed by atoms with E-state index in [2.05, 4.69) is 24.4 Å². The van der Waals surface area contributed by atoms with Crippen LogP contribution in [0.25, 0.3) is 0 Å². The zero-order valence-corrected chi connectivity index (χ0v) is 13.0. The Morgan fingerprint density at radius 3 is 2.48 bits per heavy atom. The number of rotatable bonds is 6. The highest BCUT2D eigenvalue weighted by atomic mass is 16.5. The second-order valence-electron chi connectivity index (χ2n) is 6.21. The number of aliphatic carboxylic acids is 1. The minimum Gasteiger partial charge on any atom is -0.480 e. The average molecular weight is 315 g/mol. The predicted octanol–water partition coefficient (Wildman–Crippen LogP) is 2.82. The van der Waals surface area contributed by atoms with Crippen LogP contribution in [0.5, 0.6) is 0 Å². The van der Waals surface area contributed by atoms with Crippen molar-refractivity contribution < 1.29 is 19.4 Å². The third-order valence-corrected chi connectivity index (χ3v) is 5.04. The Hall–Kier alpha value is -2.30. The lowest BCUT2D eigenvalue weighted by atomic mass is 9.48. The molecule has 1 fully saturated rings. The van der Waals surface area contributed by atoms with Crippen molar-refractivity contribution >= 4 is 12.1 Å². The smallest absolute Gasteiger partial charge is 0.408 e. The van der Waals surface area contributed by atoms with Crippen LogP contribution in [0, 0.1) is 23.7 Å². The van der Waals surface area contributed by atoms with Crippen molar-refractivity contribution in [3.63, 3.8) is 0 Å².